The Morgan fingerprint density at radius 1 is 0.750 bits per heavy atom. The second kappa shape index (κ2) is 5.17. The minimum atomic E-state index is -0.0327. The molecular formula is C18H15NO. The monoisotopic (exact) mass is 261 g/mol. The molecule has 98 valence electrons. The van der Waals surface area contributed by atoms with Crippen LogP contribution in [0.4, 0.5) is 0 Å². The molecule has 0 spiro atoms. The molecule has 0 saturated heterocycles. The Labute approximate surface area is 117 Å². The van der Waals surface area contributed by atoms with Crippen LogP contribution in [-0.2, 0) is 0 Å². The summed E-state index contributed by atoms with van der Waals surface area (Å²) in [6.07, 6.45) is 1.69. The topological polar surface area (TPSA) is 32.9 Å². The van der Waals surface area contributed by atoms with Crippen LogP contribution in [0.15, 0.2) is 71.7 Å². The third-order valence-electron chi connectivity index (χ3n) is 3.51. The Hall–Kier alpha value is -2.61. The fraction of sp³-hybridized carbons (Fsp3) is 0.0556. The van der Waals surface area contributed by atoms with E-state index in [9.17, 15) is 4.79 Å². The van der Waals surface area contributed by atoms with E-state index in [0.29, 0.717) is 0 Å². The summed E-state index contributed by atoms with van der Waals surface area (Å²) in [5, 5.41) is 0. The molecule has 3 aromatic rings. The molecule has 2 nitrogen and oxygen atoms in total. The van der Waals surface area contributed by atoms with Gasteiger partial charge in [-0.3, -0.25) is 4.79 Å². The van der Waals surface area contributed by atoms with E-state index in [0.717, 1.165) is 16.7 Å². The second-order valence-corrected chi connectivity index (χ2v) is 4.79. The van der Waals surface area contributed by atoms with Gasteiger partial charge in [0.2, 0.25) is 0 Å². The summed E-state index contributed by atoms with van der Waals surface area (Å²) < 4.78 is 0. The number of hydrogen-bond donors (Lipinski definition) is 1. The van der Waals surface area contributed by atoms with E-state index in [-0.39, 0.29) is 5.56 Å². The number of pyridine rings is 1. The van der Waals surface area contributed by atoms with Gasteiger partial charge in [0.1, 0.15) is 0 Å². The lowest BCUT2D eigenvalue weighted by molar-refractivity contribution is 1.18. The molecule has 0 radical (unpaired) electrons. The average molecular weight is 261 g/mol. The maximum atomic E-state index is 11.6. The van der Waals surface area contributed by atoms with Gasteiger partial charge in [0.05, 0.1) is 0 Å². The summed E-state index contributed by atoms with van der Waals surface area (Å²) in [5.74, 6) is 0. The van der Waals surface area contributed by atoms with Gasteiger partial charge in [-0.1, -0.05) is 54.6 Å². The van der Waals surface area contributed by atoms with Crippen molar-refractivity contribution in [2.24, 2.45) is 0 Å². The molecule has 0 atom stereocenters. The van der Waals surface area contributed by atoms with E-state index < -0.39 is 0 Å². The molecule has 1 heterocycles. The third-order valence-corrected chi connectivity index (χ3v) is 3.51. The van der Waals surface area contributed by atoms with Crippen molar-refractivity contribution in [3.8, 4) is 22.3 Å². The van der Waals surface area contributed by atoms with Crippen LogP contribution in [0.25, 0.3) is 22.3 Å². The van der Waals surface area contributed by atoms with Crippen molar-refractivity contribution in [3.05, 3.63) is 82.8 Å². The Kier molecular flexibility index (Phi) is 3.21. The molecule has 0 unspecified atom stereocenters. The van der Waals surface area contributed by atoms with Gasteiger partial charge in [-0.05, 0) is 35.2 Å². The van der Waals surface area contributed by atoms with Crippen LogP contribution in [-0.4, -0.2) is 4.98 Å². The van der Waals surface area contributed by atoms with Crippen LogP contribution in [0.1, 0.15) is 5.56 Å². The van der Waals surface area contributed by atoms with Gasteiger partial charge in [0.25, 0.3) is 5.56 Å². The SMILES string of the molecule is Cc1c(-c2ccc(-c3ccccc3)cc2)cc[nH]c1=O. The summed E-state index contributed by atoms with van der Waals surface area (Å²) in [6, 6.07) is 20.5. The lowest BCUT2D eigenvalue weighted by atomic mass is 9.99. The van der Waals surface area contributed by atoms with Crippen LogP contribution in [0.3, 0.4) is 0 Å². The van der Waals surface area contributed by atoms with E-state index >= 15 is 0 Å². The van der Waals surface area contributed by atoms with Gasteiger partial charge in [0.15, 0.2) is 0 Å². The summed E-state index contributed by atoms with van der Waals surface area (Å²) in [6.45, 7) is 1.85. The third kappa shape index (κ3) is 2.28. The van der Waals surface area contributed by atoms with Crippen LogP contribution in [0, 0.1) is 6.92 Å². The largest absolute Gasteiger partial charge is 0.329 e. The minimum absolute atomic E-state index is 0.0327. The van der Waals surface area contributed by atoms with Crippen molar-refractivity contribution in [2.75, 3.05) is 0 Å². The first kappa shape index (κ1) is 12.4. The van der Waals surface area contributed by atoms with Crippen molar-refractivity contribution >= 4 is 0 Å². The predicted octanol–water partition coefficient (Wildman–Crippen LogP) is 4.02. The van der Waals surface area contributed by atoms with E-state index in [1.165, 1.54) is 11.1 Å². The fourth-order valence-electron chi connectivity index (χ4n) is 2.34. The molecule has 1 aromatic heterocycles. The number of H-pyrrole nitrogens is 1. The zero-order chi connectivity index (χ0) is 13.9. The normalized spacial score (nSPS) is 10.4. The summed E-state index contributed by atoms with van der Waals surface area (Å²) >= 11 is 0. The highest BCUT2D eigenvalue weighted by atomic mass is 16.1. The van der Waals surface area contributed by atoms with Gasteiger partial charge in [-0.15, -0.1) is 0 Å². The Bertz CT molecular complexity index is 771. The van der Waals surface area contributed by atoms with Gasteiger partial charge in [-0.25, -0.2) is 0 Å². The molecule has 0 aliphatic carbocycles. The van der Waals surface area contributed by atoms with E-state index in [1.54, 1.807) is 6.20 Å². The molecule has 0 bridgehead atoms. The lowest BCUT2D eigenvalue weighted by Gasteiger charge is -2.07. The molecule has 3 rings (SSSR count). The highest BCUT2D eigenvalue weighted by Crippen LogP contribution is 2.25. The number of rotatable bonds is 2. The first-order valence-corrected chi connectivity index (χ1v) is 6.60. The minimum Gasteiger partial charge on any atom is -0.329 e. The van der Waals surface area contributed by atoms with Crippen molar-refractivity contribution in [3.63, 3.8) is 0 Å². The maximum Gasteiger partial charge on any atom is 0.251 e. The predicted molar refractivity (Wildman–Crippen MR) is 82.7 cm³/mol. The molecule has 0 saturated carbocycles. The first-order chi connectivity index (χ1) is 9.75. The number of nitrogens with one attached hydrogen (secondary N) is 1. The van der Waals surface area contributed by atoms with Crippen LogP contribution in [0.5, 0.6) is 0 Å². The Morgan fingerprint density at radius 3 is 2.05 bits per heavy atom. The molecule has 0 aliphatic rings. The molecular weight excluding hydrogens is 246 g/mol. The Morgan fingerprint density at radius 2 is 1.35 bits per heavy atom. The number of aromatic amines is 1. The van der Waals surface area contributed by atoms with E-state index in [4.69, 9.17) is 0 Å². The standard InChI is InChI=1S/C18H15NO/c1-13-17(11-12-19-18(13)20)16-9-7-15(8-10-16)14-5-3-2-4-6-14/h2-12H,1H3,(H,19,20). The van der Waals surface area contributed by atoms with Gasteiger partial charge >= 0.3 is 0 Å². The number of benzene rings is 2. The fourth-order valence-corrected chi connectivity index (χ4v) is 2.34. The average Bonchev–Trinajstić information content (AvgIpc) is 2.51. The second-order valence-electron chi connectivity index (χ2n) is 4.79. The lowest BCUT2D eigenvalue weighted by Crippen LogP contribution is -2.09. The summed E-state index contributed by atoms with van der Waals surface area (Å²) in [4.78, 5) is 14.3. The molecule has 0 amide bonds. The van der Waals surface area contributed by atoms with Crippen LogP contribution in [0.2, 0.25) is 0 Å². The highest BCUT2D eigenvalue weighted by molar-refractivity contribution is 5.71. The zero-order valence-electron chi connectivity index (χ0n) is 11.3. The van der Waals surface area contributed by atoms with Crippen LogP contribution < -0.4 is 5.56 Å². The quantitative estimate of drug-likeness (QED) is 0.742. The molecule has 2 heteroatoms. The first-order valence-electron chi connectivity index (χ1n) is 6.60. The van der Waals surface area contributed by atoms with Crippen molar-refractivity contribution < 1.29 is 0 Å². The molecule has 0 fully saturated rings. The molecule has 0 aliphatic heterocycles. The van der Waals surface area contributed by atoms with Gasteiger partial charge in [-0.2, -0.15) is 0 Å². The molecule has 1 N–H and O–H groups in total. The van der Waals surface area contributed by atoms with Gasteiger partial charge < -0.3 is 4.98 Å². The van der Waals surface area contributed by atoms with Crippen molar-refractivity contribution in [1.82, 2.24) is 4.98 Å². The van der Waals surface area contributed by atoms with Crippen molar-refractivity contribution in [2.45, 2.75) is 6.92 Å². The van der Waals surface area contributed by atoms with Crippen LogP contribution >= 0.6 is 0 Å². The molecule has 2 aromatic carbocycles. The smallest absolute Gasteiger partial charge is 0.251 e. The van der Waals surface area contributed by atoms with E-state index in [2.05, 4.69) is 41.4 Å². The highest BCUT2D eigenvalue weighted by Gasteiger charge is 2.05. The zero-order valence-corrected chi connectivity index (χ0v) is 11.3. The maximum absolute atomic E-state index is 11.6. The number of hydrogen-bond acceptors (Lipinski definition) is 1. The molecule has 20 heavy (non-hydrogen) atoms. The van der Waals surface area contributed by atoms with Crippen molar-refractivity contribution in [1.29, 1.82) is 0 Å². The summed E-state index contributed by atoms with van der Waals surface area (Å²) in [7, 11) is 0. The van der Waals surface area contributed by atoms with E-state index in [1.807, 2.05) is 31.2 Å². The Balaban J connectivity index is 2.02. The number of aromatic nitrogens is 1. The summed E-state index contributed by atoms with van der Waals surface area (Å²) in [5.41, 5.74) is 5.13. The van der Waals surface area contributed by atoms with Gasteiger partial charge in [0, 0.05) is 11.8 Å².